The fourth-order valence-electron chi connectivity index (χ4n) is 8.27. The molecule has 0 aliphatic rings. The number of esters is 3. The van der Waals surface area contributed by atoms with E-state index in [4.69, 9.17) is 14.2 Å². The van der Waals surface area contributed by atoms with Gasteiger partial charge in [0.2, 0.25) is 0 Å². The molecular formula is C54H104O6. The van der Waals surface area contributed by atoms with Crippen LogP contribution in [0.25, 0.3) is 0 Å². The zero-order valence-corrected chi connectivity index (χ0v) is 40.8. The van der Waals surface area contributed by atoms with Gasteiger partial charge >= 0.3 is 17.9 Å². The third kappa shape index (κ3) is 47.5. The second-order valence-electron chi connectivity index (χ2n) is 18.5. The van der Waals surface area contributed by atoms with E-state index >= 15 is 0 Å². The summed E-state index contributed by atoms with van der Waals surface area (Å²) in [4.78, 5) is 38.0. The quantitative estimate of drug-likeness (QED) is 0.0345. The Kier molecular flexibility index (Phi) is 48.7. The van der Waals surface area contributed by atoms with Crippen LogP contribution in [0.15, 0.2) is 0 Å². The summed E-state index contributed by atoms with van der Waals surface area (Å²) < 4.78 is 16.8. The molecular weight excluding hydrogens is 745 g/mol. The minimum absolute atomic E-state index is 0.0615. The molecule has 0 fully saturated rings. The number of unbranched alkanes of at least 4 members (excludes halogenated alkanes) is 39. The normalized spacial score (nSPS) is 11.8. The van der Waals surface area contributed by atoms with Gasteiger partial charge in [-0.15, -0.1) is 0 Å². The first-order valence-electron chi connectivity index (χ1n) is 27.0. The standard InChI is InChI=1S/C54H104O6/c1-4-7-10-13-16-19-22-25-26-27-28-30-33-35-38-41-44-47-53(56)59-50-51(60-54(57)48-45-42-39-36-31-24-21-18-15-12-9-6-3)49-58-52(55)46-43-40-37-34-32-29-23-20-17-14-11-8-5-2/h51H,4-50H2,1-3H3/t51-/m1/s1. The van der Waals surface area contributed by atoms with E-state index in [-0.39, 0.29) is 31.1 Å². The summed E-state index contributed by atoms with van der Waals surface area (Å²) in [7, 11) is 0. The Labute approximate surface area is 374 Å². The summed E-state index contributed by atoms with van der Waals surface area (Å²) in [5.74, 6) is -0.838. The molecule has 0 saturated carbocycles. The second-order valence-corrected chi connectivity index (χ2v) is 18.5. The fourth-order valence-corrected chi connectivity index (χ4v) is 8.27. The van der Waals surface area contributed by atoms with Crippen LogP contribution in [0.1, 0.15) is 310 Å². The van der Waals surface area contributed by atoms with Gasteiger partial charge in [-0.2, -0.15) is 0 Å². The molecule has 0 bridgehead atoms. The number of carbonyl (C=O) groups excluding carboxylic acids is 3. The Morgan fingerprint density at radius 1 is 0.267 bits per heavy atom. The van der Waals surface area contributed by atoms with Crippen LogP contribution < -0.4 is 0 Å². The van der Waals surface area contributed by atoms with Crippen molar-refractivity contribution in [2.24, 2.45) is 0 Å². The zero-order valence-electron chi connectivity index (χ0n) is 40.8. The van der Waals surface area contributed by atoms with Gasteiger partial charge in [-0.25, -0.2) is 0 Å². The zero-order chi connectivity index (χ0) is 43.7. The van der Waals surface area contributed by atoms with Gasteiger partial charge in [0, 0.05) is 19.3 Å². The number of hydrogen-bond donors (Lipinski definition) is 0. The number of hydrogen-bond acceptors (Lipinski definition) is 6. The predicted octanol–water partition coefficient (Wildman–Crippen LogP) is 17.6. The lowest BCUT2D eigenvalue weighted by molar-refractivity contribution is -0.167. The lowest BCUT2D eigenvalue weighted by atomic mass is 10.0. The first kappa shape index (κ1) is 58.4. The van der Waals surface area contributed by atoms with Gasteiger partial charge in [-0.05, 0) is 19.3 Å². The van der Waals surface area contributed by atoms with E-state index in [0.717, 1.165) is 57.8 Å². The maximum atomic E-state index is 12.8. The number of carbonyl (C=O) groups is 3. The number of rotatable bonds is 50. The van der Waals surface area contributed by atoms with Crippen LogP contribution in [-0.4, -0.2) is 37.2 Å². The molecule has 0 saturated heterocycles. The summed E-state index contributed by atoms with van der Waals surface area (Å²) in [6.07, 6.45) is 53.7. The molecule has 60 heavy (non-hydrogen) atoms. The molecule has 6 nitrogen and oxygen atoms in total. The van der Waals surface area contributed by atoms with Crippen molar-refractivity contribution in [1.29, 1.82) is 0 Å². The third-order valence-electron chi connectivity index (χ3n) is 12.4. The minimum Gasteiger partial charge on any atom is -0.462 e. The fraction of sp³-hybridized carbons (Fsp3) is 0.944. The van der Waals surface area contributed by atoms with Crippen molar-refractivity contribution >= 4 is 17.9 Å². The van der Waals surface area contributed by atoms with Crippen molar-refractivity contribution in [2.75, 3.05) is 13.2 Å². The Bertz CT molecular complexity index is 889. The molecule has 0 aliphatic heterocycles. The lowest BCUT2D eigenvalue weighted by Crippen LogP contribution is -2.30. The molecule has 356 valence electrons. The topological polar surface area (TPSA) is 78.9 Å². The molecule has 0 rings (SSSR count). The van der Waals surface area contributed by atoms with E-state index in [2.05, 4.69) is 20.8 Å². The lowest BCUT2D eigenvalue weighted by Gasteiger charge is -2.18. The monoisotopic (exact) mass is 849 g/mol. The highest BCUT2D eigenvalue weighted by molar-refractivity contribution is 5.71. The van der Waals surface area contributed by atoms with Gasteiger partial charge < -0.3 is 14.2 Å². The molecule has 0 aromatic rings. The first-order chi connectivity index (χ1) is 29.5. The maximum Gasteiger partial charge on any atom is 0.306 e. The van der Waals surface area contributed by atoms with Crippen molar-refractivity contribution in [3.05, 3.63) is 0 Å². The van der Waals surface area contributed by atoms with Crippen molar-refractivity contribution in [3.63, 3.8) is 0 Å². The molecule has 0 heterocycles. The summed E-state index contributed by atoms with van der Waals surface area (Å²) in [6, 6.07) is 0. The van der Waals surface area contributed by atoms with Gasteiger partial charge in [0.05, 0.1) is 0 Å². The third-order valence-corrected chi connectivity index (χ3v) is 12.4. The van der Waals surface area contributed by atoms with Crippen LogP contribution in [0.4, 0.5) is 0 Å². The van der Waals surface area contributed by atoms with Crippen LogP contribution in [0.3, 0.4) is 0 Å². The summed E-state index contributed by atoms with van der Waals surface area (Å²) in [5, 5.41) is 0. The molecule has 0 spiro atoms. The minimum atomic E-state index is -0.759. The summed E-state index contributed by atoms with van der Waals surface area (Å²) in [6.45, 7) is 6.69. The van der Waals surface area contributed by atoms with Gasteiger partial charge in [0.15, 0.2) is 6.10 Å². The molecule has 0 unspecified atom stereocenters. The van der Waals surface area contributed by atoms with Crippen LogP contribution in [0.2, 0.25) is 0 Å². The average molecular weight is 849 g/mol. The van der Waals surface area contributed by atoms with Crippen LogP contribution in [0.5, 0.6) is 0 Å². The predicted molar refractivity (Wildman–Crippen MR) is 257 cm³/mol. The molecule has 0 radical (unpaired) electrons. The van der Waals surface area contributed by atoms with E-state index in [1.54, 1.807) is 0 Å². The van der Waals surface area contributed by atoms with E-state index in [1.165, 1.54) is 212 Å². The molecule has 0 aromatic carbocycles. The highest BCUT2D eigenvalue weighted by atomic mass is 16.6. The molecule has 0 aliphatic carbocycles. The Morgan fingerprint density at radius 3 is 0.667 bits per heavy atom. The maximum absolute atomic E-state index is 12.8. The van der Waals surface area contributed by atoms with Gasteiger partial charge in [-0.1, -0.05) is 271 Å². The second kappa shape index (κ2) is 50.1. The molecule has 6 heteroatoms. The molecule has 1 atom stereocenters. The molecule has 0 N–H and O–H groups in total. The first-order valence-corrected chi connectivity index (χ1v) is 27.0. The van der Waals surface area contributed by atoms with Gasteiger partial charge in [0.25, 0.3) is 0 Å². The summed E-state index contributed by atoms with van der Waals surface area (Å²) in [5.41, 5.74) is 0. The highest BCUT2D eigenvalue weighted by Gasteiger charge is 2.19. The highest BCUT2D eigenvalue weighted by Crippen LogP contribution is 2.17. The van der Waals surface area contributed by atoms with Crippen molar-refractivity contribution in [1.82, 2.24) is 0 Å². The largest absolute Gasteiger partial charge is 0.462 e. The van der Waals surface area contributed by atoms with Crippen LogP contribution in [0, 0.1) is 0 Å². The van der Waals surface area contributed by atoms with E-state index < -0.39 is 6.10 Å². The summed E-state index contributed by atoms with van der Waals surface area (Å²) >= 11 is 0. The van der Waals surface area contributed by atoms with Crippen molar-refractivity contribution in [2.45, 2.75) is 316 Å². The van der Waals surface area contributed by atoms with Gasteiger partial charge in [-0.3, -0.25) is 14.4 Å². The van der Waals surface area contributed by atoms with Crippen LogP contribution in [-0.2, 0) is 28.6 Å². The smallest absolute Gasteiger partial charge is 0.306 e. The van der Waals surface area contributed by atoms with Crippen molar-refractivity contribution in [3.8, 4) is 0 Å². The molecule has 0 aromatic heterocycles. The SMILES string of the molecule is CCCCCCCCCCCCCCCCCCCC(=O)OC[C@@H](COC(=O)CCCCCCCCCCCCCCC)OC(=O)CCCCCCCCCCCCCC. The Morgan fingerprint density at radius 2 is 0.450 bits per heavy atom. The van der Waals surface area contributed by atoms with E-state index in [9.17, 15) is 14.4 Å². The number of ether oxygens (including phenoxy) is 3. The van der Waals surface area contributed by atoms with Crippen molar-refractivity contribution < 1.29 is 28.6 Å². The van der Waals surface area contributed by atoms with E-state index in [1.807, 2.05) is 0 Å². The Balaban J connectivity index is 4.27. The molecule has 0 amide bonds. The van der Waals surface area contributed by atoms with Crippen LogP contribution >= 0.6 is 0 Å². The van der Waals surface area contributed by atoms with Gasteiger partial charge in [0.1, 0.15) is 13.2 Å². The average Bonchev–Trinajstić information content (AvgIpc) is 3.24. The Hall–Kier alpha value is -1.59. The van der Waals surface area contributed by atoms with E-state index in [0.29, 0.717) is 19.3 Å².